The van der Waals surface area contributed by atoms with E-state index in [1.165, 1.54) is 6.20 Å². The normalized spacial score (nSPS) is 20.0. The van der Waals surface area contributed by atoms with Crippen LogP contribution in [0.5, 0.6) is 0 Å². The largest absolute Gasteiger partial charge is 0.384 e. The molecule has 0 spiro atoms. The highest BCUT2D eigenvalue weighted by atomic mass is 35.5. The van der Waals surface area contributed by atoms with Crippen molar-refractivity contribution in [3.63, 3.8) is 0 Å². The Bertz CT molecular complexity index is 620. The smallest absolute Gasteiger partial charge is 0.257 e. The van der Waals surface area contributed by atoms with E-state index >= 15 is 0 Å². The van der Waals surface area contributed by atoms with Crippen molar-refractivity contribution in [1.29, 1.82) is 0 Å². The summed E-state index contributed by atoms with van der Waals surface area (Å²) < 4.78 is 35.2. The average Bonchev–Trinajstić information content (AvgIpc) is 3.09. The fourth-order valence-electron chi connectivity index (χ4n) is 3.40. The lowest BCUT2D eigenvalue weighted by Crippen LogP contribution is -2.47. The Morgan fingerprint density at radius 3 is 2.87 bits per heavy atom. The van der Waals surface area contributed by atoms with Crippen molar-refractivity contribution in [3.05, 3.63) is 12.0 Å². The van der Waals surface area contributed by atoms with Crippen LogP contribution < -0.4 is 10.0 Å². The molecule has 0 aromatic carbocycles. The lowest BCUT2D eigenvalue weighted by atomic mass is 9.80. The van der Waals surface area contributed by atoms with Crippen molar-refractivity contribution in [2.75, 3.05) is 33.4 Å². The number of imidazole rings is 1. The number of methoxy groups -OCH3 is 1. The van der Waals surface area contributed by atoms with Crippen molar-refractivity contribution in [3.8, 4) is 0 Å². The molecule has 0 amide bonds. The van der Waals surface area contributed by atoms with Gasteiger partial charge in [0.15, 0.2) is 5.03 Å². The molecule has 1 aromatic rings. The zero-order valence-corrected chi connectivity index (χ0v) is 15.0. The molecule has 2 N–H and O–H groups in total. The first kappa shape index (κ1) is 18.7. The number of piperidine rings is 1. The third-order valence-electron chi connectivity index (χ3n) is 4.71. The average molecular weight is 365 g/mol. The van der Waals surface area contributed by atoms with Crippen molar-refractivity contribution < 1.29 is 13.2 Å². The molecule has 1 saturated heterocycles. The van der Waals surface area contributed by atoms with Gasteiger partial charge < -0.3 is 14.6 Å². The summed E-state index contributed by atoms with van der Waals surface area (Å²) in [6.45, 7) is 3.51. The number of hydrogen-bond donors (Lipinski definition) is 2. The second-order valence-corrected chi connectivity index (χ2v) is 7.99. The molecule has 0 radical (unpaired) electrons. The molecule has 0 aliphatic carbocycles. The molecule has 0 bridgehead atoms. The predicted molar refractivity (Wildman–Crippen MR) is 89.4 cm³/mol. The van der Waals surface area contributed by atoms with Crippen molar-refractivity contribution in [1.82, 2.24) is 19.6 Å². The zero-order valence-electron chi connectivity index (χ0n) is 13.4. The quantitative estimate of drug-likeness (QED) is 0.769. The van der Waals surface area contributed by atoms with Crippen molar-refractivity contribution >= 4 is 22.4 Å². The van der Waals surface area contributed by atoms with Gasteiger partial charge in [-0.3, -0.25) is 0 Å². The van der Waals surface area contributed by atoms with Crippen LogP contribution in [0.1, 0.15) is 25.1 Å². The summed E-state index contributed by atoms with van der Waals surface area (Å²) in [5.74, 6) is 0.869. The second-order valence-electron chi connectivity index (χ2n) is 6.28. The number of nitrogens with one attached hydrogen (secondary N) is 2. The Morgan fingerprint density at radius 1 is 1.43 bits per heavy atom. The van der Waals surface area contributed by atoms with Crippen LogP contribution in [0.2, 0.25) is 0 Å². The van der Waals surface area contributed by atoms with Gasteiger partial charge in [0.05, 0.1) is 12.8 Å². The van der Waals surface area contributed by atoms with Crippen LogP contribution in [0.25, 0.3) is 0 Å². The van der Waals surface area contributed by atoms with E-state index in [9.17, 15) is 8.42 Å². The van der Waals surface area contributed by atoms with Crippen molar-refractivity contribution in [2.45, 2.75) is 37.3 Å². The number of fused-ring (bicyclic) bond motifs is 1. The van der Waals surface area contributed by atoms with Crippen LogP contribution in [-0.4, -0.2) is 51.3 Å². The van der Waals surface area contributed by atoms with Crippen LogP contribution in [0.4, 0.5) is 0 Å². The van der Waals surface area contributed by atoms with Gasteiger partial charge in [0.1, 0.15) is 5.82 Å². The van der Waals surface area contributed by atoms with Gasteiger partial charge in [-0.05, 0) is 32.4 Å². The van der Waals surface area contributed by atoms with Crippen LogP contribution in [0.3, 0.4) is 0 Å². The maximum absolute atomic E-state index is 12.6. The first-order chi connectivity index (χ1) is 10.6. The Morgan fingerprint density at radius 2 is 2.17 bits per heavy atom. The monoisotopic (exact) mass is 364 g/mol. The highest BCUT2D eigenvalue weighted by Crippen LogP contribution is 2.29. The maximum Gasteiger partial charge on any atom is 0.257 e. The Hall–Kier alpha value is -0.670. The molecule has 2 aliphatic heterocycles. The molecular weight excluding hydrogens is 340 g/mol. The minimum atomic E-state index is -3.52. The molecule has 1 fully saturated rings. The third-order valence-corrected chi connectivity index (χ3v) is 6.11. The summed E-state index contributed by atoms with van der Waals surface area (Å²) in [6.07, 6.45) is 5.11. The molecule has 2 aliphatic rings. The first-order valence-electron chi connectivity index (χ1n) is 7.80. The Labute approximate surface area is 143 Å². The van der Waals surface area contributed by atoms with Gasteiger partial charge in [-0.25, -0.2) is 18.1 Å². The van der Waals surface area contributed by atoms with E-state index in [0.717, 1.165) is 51.1 Å². The fourth-order valence-corrected chi connectivity index (χ4v) is 4.72. The number of aromatic nitrogens is 2. The standard InChI is InChI=1S/C14H24N4O3S.ClH/c1-21-11-14(4-6-15-7-5-14)10-17-22(19,20)13-9-16-12-3-2-8-18(12)13;/h9,15,17H,2-8,10-11H2,1H3;1H. The molecule has 9 heteroatoms. The first-order valence-corrected chi connectivity index (χ1v) is 9.28. The van der Waals surface area contributed by atoms with E-state index in [-0.39, 0.29) is 17.8 Å². The van der Waals surface area contributed by atoms with E-state index in [2.05, 4.69) is 15.0 Å². The van der Waals surface area contributed by atoms with Crippen LogP contribution in [0, 0.1) is 5.41 Å². The van der Waals surface area contributed by atoms with E-state index in [0.29, 0.717) is 18.2 Å². The van der Waals surface area contributed by atoms with Gasteiger partial charge in [0, 0.05) is 32.0 Å². The molecule has 3 rings (SSSR count). The molecule has 0 atom stereocenters. The summed E-state index contributed by atoms with van der Waals surface area (Å²) >= 11 is 0. The number of aryl methyl sites for hydroxylation is 1. The zero-order chi connectivity index (χ0) is 15.6. The molecule has 0 unspecified atom stereocenters. The second kappa shape index (κ2) is 7.48. The summed E-state index contributed by atoms with van der Waals surface area (Å²) in [5.41, 5.74) is -0.124. The number of halogens is 1. The summed E-state index contributed by atoms with van der Waals surface area (Å²) in [5, 5.41) is 3.60. The molecule has 7 nitrogen and oxygen atoms in total. The van der Waals surface area contributed by atoms with Gasteiger partial charge in [-0.15, -0.1) is 12.4 Å². The van der Waals surface area contributed by atoms with Crippen molar-refractivity contribution in [2.24, 2.45) is 5.41 Å². The molecule has 1 aromatic heterocycles. The minimum absolute atomic E-state index is 0. The lowest BCUT2D eigenvalue weighted by molar-refractivity contribution is 0.0577. The Kier molecular flexibility index (Phi) is 6.07. The van der Waals surface area contributed by atoms with E-state index in [1.807, 2.05) is 4.57 Å². The predicted octanol–water partition coefficient (Wildman–Crippen LogP) is 0.546. The molecule has 23 heavy (non-hydrogen) atoms. The van der Waals surface area contributed by atoms with Crippen LogP contribution in [-0.2, 0) is 27.7 Å². The number of sulfonamides is 1. The maximum atomic E-state index is 12.6. The van der Waals surface area contributed by atoms with Gasteiger partial charge >= 0.3 is 0 Å². The van der Waals surface area contributed by atoms with Gasteiger partial charge in [0.2, 0.25) is 0 Å². The molecule has 132 valence electrons. The molecule has 0 saturated carbocycles. The summed E-state index contributed by atoms with van der Waals surface area (Å²) in [7, 11) is -1.85. The highest BCUT2D eigenvalue weighted by Gasteiger charge is 2.34. The summed E-state index contributed by atoms with van der Waals surface area (Å²) in [4.78, 5) is 4.22. The Balaban J connectivity index is 0.00000192. The van der Waals surface area contributed by atoms with E-state index in [4.69, 9.17) is 4.74 Å². The van der Waals surface area contributed by atoms with Crippen LogP contribution in [0.15, 0.2) is 11.2 Å². The highest BCUT2D eigenvalue weighted by molar-refractivity contribution is 7.89. The lowest BCUT2D eigenvalue weighted by Gasteiger charge is -2.37. The fraction of sp³-hybridized carbons (Fsp3) is 0.786. The van der Waals surface area contributed by atoms with Gasteiger partial charge in [-0.1, -0.05) is 0 Å². The number of nitrogens with zero attached hydrogens (tertiary/aromatic N) is 2. The van der Waals surface area contributed by atoms with Crippen LogP contribution >= 0.6 is 12.4 Å². The number of ether oxygens (including phenoxy) is 1. The summed E-state index contributed by atoms with van der Waals surface area (Å²) in [6, 6.07) is 0. The van der Waals surface area contributed by atoms with Gasteiger partial charge in [-0.2, -0.15) is 0 Å². The molecule has 3 heterocycles. The SMILES string of the molecule is COCC1(CNS(=O)(=O)c2cnc3n2CCC3)CCNCC1.Cl. The van der Waals surface area contributed by atoms with Gasteiger partial charge in [0.25, 0.3) is 10.0 Å². The molecular formula is C14H25ClN4O3S. The third kappa shape index (κ3) is 3.88. The van der Waals surface area contributed by atoms with E-state index < -0.39 is 10.0 Å². The number of hydrogen-bond acceptors (Lipinski definition) is 5. The number of rotatable bonds is 6. The van der Waals surface area contributed by atoms with E-state index in [1.54, 1.807) is 7.11 Å². The minimum Gasteiger partial charge on any atom is -0.384 e. The topological polar surface area (TPSA) is 85.2 Å².